The Labute approximate surface area is 139 Å². The second-order valence-electron chi connectivity index (χ2n) is 5.85. The minimum absolute atomic E-state index is 0.156. The smallest absolute Gasteiger partial charge is 0.306 e. The highest BCUT2D eigenvalue weighted by Crippen LogP contribution is 2.07. The van der Waals surface area contributed by atoms with Gasteiger partial charge >= 0.3 is 11.9 Å². The summed E-state index contributed by atoms with van der Waals surface area (Å²) in [5.41, 5.74) is 1.19. The van der Waals surface area contributed by atoms with Gasteiger partial charge in [-0.15, -0.1) is 0 Å². The SMILES string of the molecule is CC(C)=CCCC(O)CC(=O)O.CC=CCCCC(C)C(=O)O. The molecule has 0 aromatic heterocycles. The van der Waals surface area contributed by atoms with Crippen LogP contribution in [-0.4, -0.2) is 33.4 Å². The minimum Gasteiger partial charge on any atom is -0.481 e. The van der Waals surface area contributed by atoms with E-state index in [1.807, 2.05) is 32.9 Å². The van der Waals surface area contributed by atoms with Gasteiger partial charge < -0.3 is 15.3 Å². The van der Waals surface area contributed by atoms with E-state index in [2.05, 4.69) is 6.08 Å². The van der Waals surface area contributed by atoms with Crippen LogP contribution in [0.25, 0.3) is 0 Å². The second kappa shape index (κ2) is 15.3. The molecule has 3 N–H and O–H groups in total. The third-order valence-corrected chi connectivity index (χ3v) is 3.13. The largest absolute Gasteiger partial charge is 0.481 e. The molecule has 0 fully saturated rings. The van der Waals surface area contributed by atoms with Gasteiger partial charge in [0.2, 0.25) is 0 Å². The van der Waals surface area contributed by atoms with Crippen molar-refractivity contribution in [3.05, 3.63) is 23.8 Å². The Morgan fingerprint density at radius 3 is 2.13 bits per heavy atom. The van der Waals surface area contributed by atoms with Crippen molar-refractivity contribution in [2.45, 2.75) is 72.3 Å². The Bertz CT molecular complexity index is 381. The van der Waals surface area contributed by atoms with Crippen LogP contribution in [0, 0.1) is 5.92 Å². The number of allylic oxidation sites excluding steroid dienone is 4. The molecule has 2 unspecified atom stereocenters. The van der Waals surface area contributed by atoms with Crippen LogP contribution >= 0.6 is 0 Å². The summed E-state index contributed by atoms with van der Waals surface area (Å²) >= 11 is 0. The van der Waals surface area contributed by atoms with E-state index in [9.17, 15) is 9.59 Å². The average molecular weight is 328 g/mol. The first-order valence-electron chi connectivity index (χ1n) is 8.07. The van der Waals surface area contributed by atoms with E-state index in [4.69, 9.17) is 15.3 Å². The molecule has 0 aromatic carbocycles. The first kappa shape index (κ1) is 23.6. The lowest BCUT2D eigenvalue weighted by Gasteiger charge is -2.04. The normalized spacial score (nSPS) is 12.9. The van der Waals surface area contributed by atoms with Crippen molar-refractivity contribution in [1.29, 1.82) is 0 Å². The quantitative estimate of drug-likeness (QED) is 0.416. The van der Waals surface area contributed by atoms with Crippen LogP contribution < -0.4 is 0 Å². The van der Waals surface area contributed by atoms with Crippen LogP contribution in [0.1, 0.15) is 66.2 Å². The van der Waals surface area contributed by atoms with Crippen LogP contribution in [0.15, 0.2) is 23.8 Å². The molecule has 0 amide bonds. The molecule has 0 aliphatic rings. The molecule has 0 spiro atoms. The molecule has 0 rings (SSSR count). The molecule has 0 heterocycles. The van der Waals surface area contributed by atoms with E-state index >= 15 is 0 Å². The van der Waals surface area contributed by atoms with Crippen molar-refractivity contribution in [3.8, 4) is 0 Å². The Morgan fingerprint density at radius 2 is 1.70 bits per heavy atom. The van der Waals surface area contributed by atoms with E-state index in [0.29, 0.717) is 6.42 Å². The van der Waals surface area contributed by atoms with Crippen molar-refractivity contribution in [3.63, 3.8) is 0 Å². The van der Waals surface area contributed by atoms with Gasteiger partial charge in [-0.05, 0) is 52.9 Å². The Balaban J connectivity index is 0. The van der Waals surface area contributed by atoms with E-state index in [1.54, 1.807) is 6.92 Å². The predicted octanol–water partition coefficient (Wildman–Crippen LogP) is 4.02. The predicted molar refractivity (Wildman–Crippen MR) is 92.4 cm³/mol. The third-order valence-electron chi connectivity index (χ3n) is 3.13. The number of carboxylic acids is 2. The molecule has 0 bridgehead atoms. The number of aliphatic carboxylic acids is 2. The summed E-state index contributed by atoms with van der Waals surface area (Å²) < 4.78 is 0. The molecule has 0 aromatic rings. The first-order chi connectivity index (χ1) is 10.7. The first-order valence-corrected chi connectivity index (χ1v) is 8.07. The second-order valence-corrected chi connectivity index (χ2v) is 5.85. The van der Waals surface area contributed by atoms with Gasteiger partial charge in [-0.1, -0.05) is 30.7 Å². The third kappa shape index (κ3) is 20.4. The highest BCUT2D eigenvalue weighted by molar-refractivity contribution is 5.69. The van der Waals surface area contributed by atoms with Crippen molar-refractivity contribution in [1.82, 2.24) is 0 Å². The van der Waals surface area contributed by atoms with E-state index in [-0.39, 0.29) is 12.3 Å². The number of unbranched alkanes of at least 4 members (excludes halogenated alkanes) is 1. The number of aliphatic hydroxyl groups is 1. The number of hydrogen-bond acceptors (Lipinski definition) is 3. The van der Waals surface area contributed by atoms with Crippen LogP contribution in [-0.2, 0) is 9.59 Å². The molecule has 2 atom stereocenters. The molecule has 0 radical (unpaired) electrons. The van der Waals surface area contributed by atoms with Crippen molar-refractivity contribution >= 4 is 11.9 Å². The fourth-order valence-electron chi connectivity index (χ4n) is 1.70. The number of carboxylic acid groups (broad SMARTS) is 2. The molecule has 0 aliphatic heterocycles. The van der Waals surface area contributed by atoms with Gasteiger partial charge in [0, 0.05) is 0 Å². The molecule has 0 saturated carbocycles. The zero-order valence-corrected chi connectivity index (χ0v) is 14.8. The summed E-state index contributed by atoms with van der Waals surface area (Å²) in [5, 5.41) is 26.0. The van der Waals surface area contributed by atoms with Gasteiger partial charge in [0.05, 0.1) is 18.4 Å². The number of hydrogen-bond donors (Lipinski definition) is 3. The molecule has 5 nitrogen and oxygen atoms in total. The maximum atomic E-state index is 10.3. The van der Waals surface area contributed by atoms with Gasteiger partial charge in [0.1, 0.15) is 0 Å². The lowest BCUT2D eigenvalue weighted by molar-refractivity contribution is -0.141. The number of rotatable bonds is 10. The fourth-order valence-corrected chi connectivity index (χ4v) is 1.70. The molecule has 5 heteroatoms. The lowest BCUT2D eigenvalue weighted by Crippen LogP contribution is -2.12. The molecular formula is C18H32O5. The average Bonchev–Trinajstić information content (AvgIpc) is 2.42. The fraction of sp³-hybridized carbons (Fsp3) is 0.667. The van der Waals surface area contributed by atoms with Gasteiger partial charge in [0.15, 0.2) is 0 Å². The van der Waals surface area contributed by atoms with Crippen molar-refractivity contribution < 1.29 is 24.9 Å². The summed E-state index contributed by atoms with van der Waals surface area (Å²) in [6.45, 7) is 7.67. The van der Waals surface area contributed by atoms with Crippen LogP contribution in [0.4, 0.5) is 0 Å². The standard InChI is InChI=1S/C9H16O3.C9H16O2/c1-7(2)4-3-5-8(10)6-9(11)12;1-3-4-5-6-7-8(2)9(10)11/h4,8,10H,3,5-6H2,1-2H3,(H,11,12);3-4,8H,5-7H2,1-2H3,(H,10,11). The molecular weight excluding hydrogens is 296 g/mol. The van der Waals surface area contributed by atoms with Gasteiger partial charge in [-0.25, -0.2) is 0 Å². The van der Waals surface area contributed by atoms with Crippen molar-refractivity contribution in [2.24, 2.45) is 5.92 Å². The van der Waals surface area contributed by atoms with Gasteiger partial charge in [-0.2, -0.15) is 0 Å². The number of carbonyl (C=O) groups is 2. The van der Waals surface area contributed by atoms with Crippen molar-refractivity contribution in [2.75, 3.05) is 0 Å². The van der Waals surface area contributed by atoms with E-state index in [0.717, 1.165) is 25.7 Å². The Morgan fingerprint density at radius 1 is 1.09 bits per heavy atom. The highest BCUT2D eigenvalue weighted by atomic mass is 16.4. The summed E-state index contributed by atoms with van der Waals surface area (Å²) in [6, 6.07) is 0. The monoisotopic (exact) mass is 328 g/mol. The highest BCUT2D eigenvalue weighted by Gasteiger charge is 2.08. The molecule has 23 heavy (non-hydrogen) atoms. The Kier molecular flexibility index (Phi) is 15.7. The van der Waals surface area contributed by atoms with Crippen LogP contribution in [0.2, 0.25) is 0 Å². The summed E-state index contributed by atoms with van der Waals surface area (Å²) in [7, 11) is 0. The van der Waals surface area contributed by atoms with E-state index in [1.165, 1.54) is 5.57 Å². The zero-order chi connectivity index (χ0) is 18.3. The molecule has 134 valence electrons. The van der Waals surface area contributed by atoms with Gasteiger partial charge in [0.25, 0.3) is 0 Å². The molecule has 0 saturated heterocycles. The van der Waals surface area contributed by atoms with Gasteiger partial charge in [-0.3, -0.25) is 9.59 Å². The Hall–Kier alpha value is -1.62. The maximum Gasteiger partial charge on any atom is 0.306 e. The maximum absolute atomic E-state index is 10.3. The molecule has 0 aliphatic carbocycles. The van der Waals surface area contributed by atoms with E-state index < -0.39 is 18.0 Å². The summed E-state index contributed by atoms with van der Waals surface area (Å²) in [6.07, 6.45) is 9.19. The zero-order valence-electron chi connectivity index (χ0n) is 14.8. The van der Waals surface area contributed by atoms with Crippen LogP contribution in [0.3, 0.4) is 0 Å². The topological polar surface area (TPSA) is 94.8 Å². The summed E-state index contributed by atoms with van der Waals surface area (Å²) in [4.78, 5) is 20.5. The summed E-state index contributed by atoms with van der Waals surface area (Å²) in [5.74, 6) is -1.83. The lowest BCUT2D eigenvalue weighted by atomic mass is 10.0. The number of aliphatic hydroxyl groups excluding tert-OH is 1. The minimum atomic E-state index is -0.945. The van der Waals surface area contributed by atoms with Crippen LogP contribution in [0.5, 0.6) is 0 Å².